The van der Waals surface area contributed by atoms with Crippen LogP contribution in [0.15, 0.2) is 72.8 Å². The molecule has 0 aromatic heterocycles. The zero-order valence-electron chi connectivity index (χ0n) is 15.8. The lowest BCUT2D eigenvalue weighted by molar-refractivity contribution is -0.385. The minimum absolute atomic E-state index is 0.307. The van der Waals surface area contributed by atoms with E-state index in [9.17, 15) is 28.1 Å². The fourth-order valence-electron chi connectivity index (χ4n) is 2.54. The number of benzene rings is 3. The average molecular weight is 432 g/mol. The average Bonchev–Trinajstić information content (AvgIpc) is 2.73. The first kappa shape index (κ1) is 21.6. The topological polar surface area (TPSA) is 90.7 Å². The first-order valence-electron chi connectivity index (χ1n) is 8.83. The van der Waals surface area contributed by atoms with Crippen LogP contribution in [-0.4, -0.2) is 23.6 Å². The number of halogens is 3. The maximum Gasteiger partial charge on any atom is 0.422 e. The number of amides is 1. The summed E-state index contributed by atoms with van der Waals surface area (Å²) in [4.78, 5) is 23.0. The van der Waals surface area contributed by atoms with Gasteiger partial charge in [-0.1, -0.05) is 18.2 Å². The van der Waals surface area contributed by atoms with Crippen LogP contribution in [0.4, 0.5) is 24.5 Å². The molecule has 0 unspecified atom stereocenters. The van der Waals surface area contributed by atoms with Crippen LogP contribution >= 0.6 is 0 Å². The molecule has 0 radical (unpaired) electrons. The van der Waals surface area contributed by atoms with E-state index in [1.165, 1.54) is 12.1 Å². The molecule has 0 aliphatic carbocycles. The van der Waals surface area contributed by atoms with Gasteiger partial charge in [0.15, 0.2) is 6.61 Å². The number of hydrogen-bond acceptors (Lipinski definition) is 5. The van der Waals surface area contributed by atoms with Gasteiger partial charge in [-0.3, -0.25) is 14.9 Å². The summed E-state index contributed by atoms with van der Waals surface area (Å²) in [6.07, 6.45) is -4.59. The molecule has 0 saturated carbocycles. The van der Waals surface area contributed by atoms with Crippen molar-refractivity contribution in [2.75, 3.05) is 11.9 Å². The Hall–Kier alpha value is -4.08. The molecule has 3 rings (SSSR count). The van der Waals surface area contributed by atoms with Crippen molar-refractivity contribution in [3.63, 3.8) is 0 Å². The molecule has 0 spiro atoms. The summed E-state index contributed by atoms with van der Waals surface area (Å²) in [7, 11) is 0. The molecule has 160 valence electrons. The number of nitro groups is 1. The molecule has 0 heterocycles. The monoisotopic (exact) mass is 432 g/mol. The minimum Gasteiger partial charge on any atom is -0.484 e. The number of nitrogens with one attached hydrogen (secondary N) is 1. The Labute approximate surface area is 174 Å². The molecule has 1 N–H and O–H groups in total. The van der Waals surface area contributed by atoms with Crippen LogP contribution in [0.2, 0.25) is 0 Å². The van der Waals surface area contributed by atoms with Gasteiger partial charge in [0.25, 0.3) is 11.6 Å². The molecule has 0 bridgehead atoms. The zero-order valence-corrected chi connectivity index (χ0v) is 15.8. The van der Waals surface area contributed by atoms with E-state index < -0.39 is 34.9 Å². The van der Waals surface area contributed by atoms with Crippen molar-refractivity contribution in [1.29, 1.82) is 0 Å². The van der Waals surface area contributed by atoms with Gasteiger partial charge in [-0.05, 0) is 48.5 Å². The molecule has 0 fully saturated rings. The molecular formula is C21H15F3N2O5. The smallest absolute Gasteiger partial charge is 0.422 e. The lowest BCUT2D eigenvalue weighted by Gasteiger charge is -2.11. The summed E-state index contributed by atoms with van der Waals surface area (Å²) in [6.45, 7) is -1.59. The Morgan fingerprint density at radius 1 is 0.935 bits per heavy atom. The number of anilines is 1. The quantitative estimate of drug-likeness (QED) is 0.389. The normalized spacial score (nSPS) is 10.9. The Morgan fingerprint density at radius 2 is 1.55 bits per heavy atom. The number of hydrogen-bond donors (Lipinski definition) is 1. The second-order valence-electron chi connectivity index (χ2n) is 6.23. The van der Waals surface area contributed by atoms with Crippen molar-refractivity contribution in [2.24, 2.45) is 0 Å². The van der Waals surface area contributed by atoms with Gasteiger partial charge in [0.2, 0.25) is 0 Å². The van der Waals surface area contributed by atoms with E-state index >= 15 is 0 Å². The van der Waals surface area contributed by atoms with E-state index in [0.29, 0.717) is 17.2 Å². The third-order valence-corrected chi connectivity index (χ3v) is 3.90. The van der Waals surface area contributed by atoms with Gasteiger partial charge in [-0.15, -0.1) is 0 Å². The molecule has 0 aliphatic rings. The van der Waals surface area contributed by atoms with Crippen molar-refractivity contribution < 1.29 is 32.4 Å². The molecule has 1 amide bonds. The fraction of sp³-hybridized carbons (Fsp3) is 0.0952. The van der Waals surface area contributed by atoms with Gasteiger partial charge < -0.3 is 14.8 Å². The summed E-state index contributed by atoms with van der Waals surface area (Å²) < 4.78 is 47.2. The van der Waals surface area contributed by atoms with Crippen LogP contribution in [0.25, 0.3) is 0 Å². The maximum absolute atomic E-state index is 12.5. The molecule has 0 saturated heterocycles. The Morgan fingerprint density at radius 3 is 2.16 bits per heavy atom. The highest BCUT2D eigenvalue weighted by atomic mass is 19.4. The van der Waals surface area contributed by atoms with Gasteiger partial charge in [-0.2, -0.15) is 13.2 Å². The highest BCUT2D eigenvalue weighted by Gasteiger charge is 2.29. The van der Waals surface area contributed by atoms with Crippen molar-refractivity contribution in [3.8, 4) is 17.2 Å². The highest BCUT2D eigenvalue weighted by Crippen LogP contribution is 2.27. The standard InChI is InChI=1S/C21H15F3N2O5/c22-21(23,24)13-30-17-10-11-19(26(28)29)18(12-17)20(27)25-14-6-8-16(9-7-14)31-15-4-2-1-3-5-15/h1-12H,13H2,(H,25,27). The molecule has 3 aromatic rings. The van der Waals surface area contributed by atoms with Gasteiger partial charge in [0.05, 0.1) is 4.92 Å². The lowest BCUT2D eigenvalue weighted by Crippen LogP contribution is -2.20. The fourth-order valence-corrected chi connectivity index (χ4v) is 2.54. The van der Waals surface area contributed by atoms with Crippen LogP contribution in [0.5, 0.6) is 17.2 Å². The van der Waals surface area contributed by atoms with Gasteiger partial charge in [-0.25, -0.2) is 0 Å². The number of nitrogens with zero attached hydrogens (tertiary/aromatic N) is 1. The van der Waals surface area contributed by atoms with Crippen molar-refractivity contribution in [1.82, 2.24) is 0 Å². The molecule has 0 aliphatic heterocycles. The molecule has 7 nitrogen and oxygen atoms in total. The largest absolute Gasteiger partial charge is 0.484 e. The van der Waals surface area contributed by atoms with Gasteiger partial charge >= 0.3 is 6.18 Å². The van der Waals surface area contributed by atoms with Crippen LogP contribution in [0, 0.1) is 10.1 Å². The summed E-state index contributed by atoms with van der Waals surface area (Å²) >= 11 is 0. The Kier molecular flexibility index (Phi) is 6.39. The first-order chi connectivity index (χ1) is 14.7. The number of carbonyl (C=O) groups is 1. The van der Waals surface area contributed by atoms with Crippen molar-refractivity contribution in [3.05, 3.63) is 88.5 Å². The van der Waals surface area contributed by atoms with E-state index in [1.807, 2.05) is 18.2 Å². The van der Waals surface area contributed by atoms with Gasteiger partial charge in [0.1, 0.15) is 22.8 Å². The molecule has 31 heavy (non-hydrogen) atoms. The maximum atomic E-state index is 12.5. The number of nitro benzene ring substituents is 1. The van der Waals surface area contributed by atoms with E-state index in [1.54, 1.807) is 24.3 Å². The minimum atomic E-state index is -4.59. The number of rotatable bonds is 7. The lowest BCUT2D eigenvalue weighted by atomic mass is 10.1. The SMILES string of the molecule is O=C(Nc1ccc(Oc2ccccc2)cc1)c1cc(OCC(F)(F)F)ccc1[N+](=O)[O-]. The Balaban J connectivity index is 1.74. The first-order valence-corrected chi connectivity index (χ1v) is 8.83. The summed E-state index contributed by atoms with van der Waals surface area (Å²) in [5.41, 5.74) is -0.698. The molecule has 3 aromatic carbocycles. The van der Waals surface area contributed by atoms with Crippen LogP contribution in [-0.2, 0) is 0 Å². The third kappa shape index (κ3) is 6.20. The number of alkyl halides is 3. The van der Waals surface area contributed by atoms with Crippen molar-refractivity contribution >= 4 is 17.3 Å². The van der Waals surface area contributed by atoms with Crippen molar-refractivity contribution in [2.45, 2.75) is 6.18 Å². The highest BCUT2D eigenvalue weighted by molar-refractivity contribution is 6.07. The third-order valence-electron chi connectivity index (χ3n) is 3.90. The van der Waals surface area contributed by atoms with E-state index in [4.69, 9.17) is 4.74 Å². The molecular weight excluding hydrogens is 417 g/mol. The predicted molar refractivity (Wildman–Crippen MR) is 106 cm³/mol. The molecule has 10 heteroatoms. The van der Waals surface area contributed by atoms with Crippen LogP contribution in [0.1, 0.15) is 10.4 Å². The number of ether oxygens (including phenoxy) is 2. The van der Waals surface area contributed by atoms with Crippen LogP contribution < -0.4 is 14.8 Å². The summed E-state index contributed by atoms with van der Waals surface area (Å²) in [5.74, 6) is -0.0797. The second-order valence-corrected chi connectivity index (χ2v) is 6.23. The molecule has 0 atom stereocenters. The predicted octanol–water partition coefficient (Wildman–Crippen LogP) is 5.58. The number of para-hydroxylation sites is 1. The van der Waals surface area contributed by atoms with Gasteiger partial charge in [0, 0.05) is 11.8 Å². The second kappa shape index (κ2) is 9.16. The van der Waals surface area contributed by atoms with Crippen LogP contribution in [0.3, 0.4) is 0 Å². The summed E-state index contributed by atoms with van der Waals surface area (Å²) in [5, 5.41) is 13.7. The Bertz CT molecular complexity index is 1070. The van der Waals surface area contributed by atoms with E-state index in [0.717, 1.165) is 18.2 Å². The number of carbonyl (C=O) groups excluding carboxylic acids is 1. The van der Waals surface area contributed by atoms with E-state index in [2.05, 4.69) is 10.1 Å². The zero-order chi connectivity index (χ0) is 22.4. The summed E-state index contributed by atoms with van der Waals surface area (Å²) in [6, 6.07) is 18.0. The van der Waals surface area contributed by atoms with E-state index in [-0.39, 0.29) is 5.75 Å².